The van der Waals surface area contributed by atoms with Crippen LogP contribution < -0.4 is 9.80 Å². The summed E-state index contributed by atoms with van der Waals surface area (Å²) < 4.78 is 0. The highest BCUT2D eigenvalue weighted by Gasteiger charge is 2.47. The molecule has 34 rings (SSSR count). The molecule has 0 aliphatic heterocycles. The van der Waals surface area contributed by atoms with Crippen LogP contribution in [0.1, 0.15) is 200 Å². The van der Waals surface area contributed by atoms with Crippen molar-refractivity contribution in [1.82, 2.24) is 29.9 Å². The Balaban J connectivity index is 0.000000106. The molecule has 3 heterocycles. The summed E-state index contributed by atoms with van der Waals surface area (Å²) in [4.78, 5) is 37.5. The Morgan fingerprint density at radius 1 is 0.174 bits per heavy atom. The highest BCUT2D eigenvalue weighted by Crippen LogP contribution is 2.61. The summed E-state index contributed by atoms with van der Waals surface area (Å²) >= 11 is 0. The number of hydrogen-bond donors (Lipinski definition) is 0. The average molecular weight is 1840 g/mol. The van der Waals surface area contributed by atoms with Gasteiger partial charge >= 0.3 is 0 Å². The van der Waals surface area contributed by atoms with Crippen molar-refractivity contribution in [1.29, 1.82) is 0 Å². The Bertz CT molecular complexity index is 9050. The van der Waals surface area contributed by atoms with Gasteiger partial charge in [0.1, 0.15) is 0 Å². The summed E-state index contributed by atoms with van der Waals surface area (Å²) in [5.74, 6) is 0.656. The molecule has 25 aromatic rings. The van der Waals surface area contributed by atoms with Crippen LogP contribution in [0.15, 0.2) is 413 Å². The Morgan fingerprint density at radius 2 is 0.354 bits per heavy atom. The Kier molecular flexibility index (Phi) is 18.4. The second-order valence-corrected chi connectivity index (χ2v) is 42.6. The van der Waals surface area contributed by atoms with Crippen LogP contribution in [0.25, 0.3) is 130 Å². The Morgan fingerprint density at radius 3 is 0.569 bits per heavy atom. The summed E-state index contributed by atoms with van der Waals surface area (Å²) in [5, 5.41) is 22.2. The number of nitrogens with zero attached hydrogens (tertiary/aromatic N) is 8. The summed E-state index contributed by atoms with van der Waals surface area (Å²) in [6.45, 7) is 18.3. The molecule has 0 N–H and O–H groups in total. The third-order valence-electron chi connectivity index (χ3n) is 32.2. The monoisotopic (exact) mass is 1840 g/mol. The van der Waals surface area contributed by atoms with Gasteiger partial charge in [-0.3, -0.25) is 0 Å². The minimum atomic E-state index is 0.0550. The van der Waals surface area contributed by atoms with E-state index in [0.29, 0.717) is 0 Å². The fraction of sp³-hybridized carbons (Fsp3) is 0.118. The fourth-order valence-electron chi connectivity index (χ4n) is 25.8. The van der Waals surface area contributed by atoms with Crippen LogP contribution in [-0.2, 0) is 10.8 Å². The zero-order valence-corrected chi connectivity index (χ0v) is 81.3. The maximum absolute atomic E-state index is 5.57. The minimum absolute atomic E-state index is 0.0550. The van der Waals surface area contributed by atoms with Gasteiger partial charge in [-0.25, -0.2) is 29.9 Å². The molecule has 22 aromatic carbocycles. The van der Waals surface area contributed by atoms with E-state index < -0.39 is 0 Å². The van der Waals surface area contributed by atoms with E-state index >= 15 is 0 Å². The molecule has 9 aliphatic rings. The van der Waals surface area contributed by atoms with Gasteiger partial charge in [0.05, 0.1) is 114 Å². The number of hydrogen-bond acceptors (Lipinski definition) is 8. The lowest BCUT2D eigenvalue weighted by atomic mass is 9.64. The molecular weight excluding hydrogens is 1750 g/mol. The van der Waals surface area contributed by atoms with Crippen LogP contribution in [0.3, 0.4) is 0 Å². The molecule has 0 unspecified atom stereocenters. The van der Waals surface area contributed by atoms with Crippen molar-refractivity contribution in [3.63, 3.8) is 0 Å². The SMILES string of the molecule is CC(C)(C)c1ccc(C(C)(C)C)c2cc3cc4cc5nc6c(nc5cc4cc3cc12)C1c2ccccc2C6c2ccccc21.Cc1ccc(C)c2cc3cc4cc5nc6c(nc5cc4cc3cc12)C1c2ccccc2C6c2ccccc21.c1ccc(N(c2ccccc2)c2c3ccccc3c(N(c3ccccc3)c3ccccc3)c3cc4cc5nc6c(nc5cc4cc23)C2c3ccccc3C6c3ccccc32)cc1. The van der Waals surface area contributed by atoms with Crippen LogP contribution in [0, 0.1) is 13.8 Å². The maximum Gasteiger partial charge on any atom is 0.0897 e. The number of aryl methyl sites for hydroxylation is 2. The minimum Gasteiger partial charge on any atom is -0.309 e. The summed E-state index contributed by atoms with van der Waals surface area (Å²) in [6, 6.07) is 152. The van der Waals surface area contributed by atoms with Crippen molar-refractivity contribution in [3.8, 4) is 0 Å². The first-order valence-corrected chi connectivity index (χ1v) is 50.7. The van der Waals surface area contributed by atoms with Crippen molar-refractivity contribution in [3.05, 3.63) is 536 Å². The van der Waals surface area contributed by atoms with E-state index in [-0.39, 0.29) is 46.3 Å². The first-order chi connectivity index (χ1) is 70.5. The fourth-order valence-corrected chi connectivity index (χ4v) is 25.8. The highest BCUT2D eigenvalue weighted by atomic mass is 15.2. The smallest absolute Gasteiger partial charge is 0.0897 e. The van der Waals surface area contributed by atoms with Crippen molar-refractivity contribution in [2.75, 3.05) is 9.80 Å². The molecule has 0 amide bonds. The number of aromatic nitrogens is 6. The number of anilines is 6. The van der Waals surface area contributed by atoms with Crippen molar-refractivity contribution >= 4 is 164 Å². The van der Waals surface area contributed by atoms with Crippen molar-refractivity contribution in [2.45, 2.75) is 102 Å². The predicted molar refractivity (Wildman–Crippen MR) is 597 cm³/mol. The Hall–Kier alpha value is -17.2. The quantitative estimate of drug-likeness (QED) is 0.120. The van der Waals surface area contributed by atoms with Gasteiger partial charge in [0, 0.05) is 44.3 Å². The third kappa shape index (κ3) is 12.9. The molecule has 8 nitrogen and oxygen atoms in total. The molecule has 144 heavy (non-hydrogen) atoms. The van der Waals surface area contributed by atoms with E-state index in [1.165, 1.54) is 154 Å². The topological polar surface area (TPSA) is 83.8 Å². The van der Waals surface area contributed by atoms with E-state index in [4.69, 9.17) is 29.9 Å². The normalized spacial score (nSPS) is 16.2. The van der Waals surface area contributed by atoms with Crippen molar-refractivity contribution in [2.24, 2.45) is 0 Å². The zero-order chi connectivity index (χ0) is 96.0. The van der Waals surface area contributed by atoms with Crippen LogP contribution in [0.2, 0.25) is 0 Å². The van der Waals surface area contributed by atoms with Crippen LogP contribution in [0.5, 0.6) is 0 Å². The lowest BCUT2D eigenvalue weighted by Crippen LogP contribution is -2.29. The van der Waals surface area contributed by atoms with Gasteiger partial charge in [-0.05, 0) is 335 Å². The first kappa shape index (κ1) is 83.7. The van der Waals surface area contributed by atoms with Crippen LogP contribution in [0.4, 0.5) is 34.1 Å². The number of rotatable bonds is 6. The van der Waals surface area contributed by atoms with E-state index in [1.807, 2.05) is 0 Å². The van der Waals surface area contributed by atoms with Gasteiger partial charge in [0.15, 0.2) is 0 Å². The molecule has 3 aromatic heterocycles. The van der Waals surface area contributed by atoms with Gasteiger partial charge in [-0.2, -0.15) is 0 Å². The number of benzene rings is 22. The molecule has 8 heteroatoms. The molecule has 0 saturated heterocycles. The second-order valence-electron chi connectivity index (χ2n) is 42.6. The van der Waals surface area contributed by atoms with E-state index in [0.717, 1.165) is 134 Å². The van der Waals surface area contributed by atoms with Crippen LogP contribution >= 0.6 is 0 Å². The molecule has 0 radical (unpaired) electrons. The Labute approximate surface area is 835 Å². The largest absolute Gasteiger partial charge is 0.309 e. The predicted octanol–water partition coefficient (Wildman–Crippen LogP) is 34.4. The van der Waals surface area contributed by atoms with Gasteiger partial charge in [-0.15, -0.1) is 0 Å². The van der Waals surface area contributed by atoms with E-state index in [2.05, 4.69) is 478 Å². The molecule has 0 saturated carbocycles. The highest BCUT2D eigenvalue weighted by molar-refractivity contribution is 6.26. The molecular formula is C136H98N8. The van der Waals surface area contributed by atoms with Gasteiger partial charge < -0.3 is 9.80 Å². The third-order valence-corrected chi connectivity index (χ3v) is 32.2. The molecule has 682 valence electrons. The van der Waals surface area contributed by atoms with Crippen molar-refractivity contribution < 1.29 is 0 Å². The van der Waals surface area contributed by atoms with Gasteiger partial charge in [0.25, 0.3) is 0 Å². The van der Waals surface area contributed by atoms with Gasteiger partial charge in [-0.1, -0.05) is 308 Å². The van der Waals surface area contributed by atoms with Gasteiger partial charge in [0.2, 0.25) is 0 Å². The molecule has 0 spiro atoms. The van der Waals surface area contributed by atoms with E-state index in [1.54, 1.807) is 0 Å². The average Bonchev–Trinajstić information content (AvgIpc) is 0.703. The lowest BCUT2D eigenvalue weighted by Gasteiger charge is -2.40. The van der Waals surface area contributed by atoms with Crippen LogP contribution in [-0.4, -0.2) is 29.9 Å². The zero-order valence-electron chi connectivity index (χ0n) is 81.3. The standard InChI is InChI=1S/C58H38N4.C42H36N2.C36H24N2/c1-5-19-39(20-6-1)61(40-21-7-2-8-22-40)57-47-31-17-18-32-48(47)58(62(41-23-9-3-10-24-41)42-25-11-4-12-26-42)50-34-38-36-52-51(35-37(38)33-49(50)57)59-55-53-43-27-13-15-29-45(43)54(56(55)60-52)46-30-16-14-28-44(46)53;1-41(2,3)33-15-16-34(42(4,5)6)32-20-24-18-26-22-36-35(21-25(26)17-23(24)19-31(32)33)43-39-37-27-11-7-9-13-29(27)38(40(39)44-36)30-14-10-8-12-28(30)37;1-19-11-12-20(2)30-16-22-14-24-18-32-31(17-23(24)13-21(22)15-29(19)30)37-35-33-25-7-3-5-9-27(25)34(36(35)38-32)28-10-6-4-8-26(28)33/h1-36,53-54H;7-22,37-38H,1-6H3;3-18,33-34H,1-2H3. The molecule has 9 aliphatic carbocycles. The first-order valence-electron chi connectivity index (χ1n) is 50.7. The molecule has 6 bridgehead atoms. The summed E-state index contributed by atoms with van der Waals surface area (Å²) in [5.41, 5.74) is 40.9. The number of fused-ring (bicyclic) bond motifs is 12. The molecule has 0 fully saturated rings. The number of para-hydroxylation sites is 4. The maximum atomic E-state index is 5.57. The second kappa shape index (κ2) is 31.7. The van der Waals surface area contributed by atoms with E-state index in [9.17, 15) is 0 Å². The lowest BCUT2D eigenvalue weighted by molar-refractivity contribution is 0.585. The summed E-state index contributed by atoms with van der Waals surface area (Å²) in [6.07, 6.45) is 0. The summed E-state index contributed by atoms with van der Waals surface area (Å²) in [7, 11) is 0. The molecule has 0 atom stereocenters.